The molecule has 2 aliphatic heterocycles. The molecule has 1 fully saturated rings. The van der Waals surface area contributed by atoms with Gasteiger partial charge in [-0.1, -0.05) is 24.3 Å². The molecule has 1 aromatic carbocycles. The van der Waals surface area contributed by atoms with Gasteiger partial charge in [-0.25, -0.2) is 0 Å². The zero-order chi connectivity index (χ0) is 21.0. The average molecular weight is 410 g/mol. The van der Waals surface area contributed by atoms with Crippen LogP contribution in [0.3, 0.4) is 0 Å². The molecule has 1 N–H and O–H groups in total. The third-order valence-corrected chi connectivity index (χ3v) is 6.40. The van der Waals surface area contributed by atoms with Crippen LogP contribution in [0.25, 0.3) is 5.65 Å². The van der Waals surface area contributed by atoms with E-state index in [4.69, 9.17) is 0 Å². The van der Waals surface area contributed by atoms with E-state index in [2.05, 4.69) is 20.5 Å². The zero-order valence-electron chi connectivity index (χ0n) is 16.5. The van der Waals surface area contributed by atoms with E-state index in [9.17, 15) is 9.59 Å². The molecule has 5 heterocycles. The molecule has 31 heavy (non-hydrogen) atoms. The Hall–Kier alpha value is -4.07. The largest absolute Gasteiger partial charge is 0.330 e. The number of carbonyl (C=O) groups is 2. The lowest BCUT2D eigenvalue weighted by molar-refractivity contribution is -0.121. The highest BCUT2D eigenvalue weighted by Gasteiger charge is 2.59. The fourth-order valence-corrected chi connectivity index (χ4v) is 5.08. The summed E-state index contributed by atoms with van der Waals surface area (Å²) in [5, 5.41) is 11.1. The predicted molar refractivity (Wildman–Crippen MR) is 112 cm³/mol. The minimum atomic E-state index is -0.867. The second-order valence-corrected chi connectivity index (χ2v) is 7.89. The van der Waals surface area contributed by atoms with Gasteiger partial charge in [0, 0.05) is 30.8 Å². The highest BCUT2D eigenvalue weighted by Crippen LogP contribution is 2.54. The monoisotopic (exact) mass is 410 g/mol. The van der Waals surface area contributed by atoms with Gasteiger partial charge < -0.3 is 10.2 Å². The third-order valence-electron chi connectivity index (χ3n) is 6.40. The van der Waals surface area contributed by atoms with Crippen molar-refractivity contribution >= 4 is 23.1 Å². The van der Waals surface area contributed by atoms with Crippen LogP contribution < -0.4 is 5.32 Å². The summed E-state index contributed by atoms with van der Waals surface area (Å²) in [5.41, 5.74) is 2.63. The molecule has 1 spiro atoms. The SMILES string of the molecule is O=C(c1cccn2cnnc12)N1CCC2(C(=O)Nc3ccccc32)C1c1cccnc1. The molecule has 8 heteroatoms. The maximum absolute atomic E-state index is 13.8. The first kappa shape index (κ1) is 17.8. The Morgan fingerprint density at radius 3 is 2.90 bits per heavy atom. The first-order valence-electron chi connectivity index (χ1n) is 10.1. The van der Waals surface area contributed by atoms with E-state index in [1.165, 1.54) is 0 Å². The number of pyridine rings is 2. The maximum atomic E-state index is 13.8. The predicted octanol–water partition coefficient (Wildman–Crippen LogP) is 2.60. The maximum Gasteiger partial charge on any atom is 0.258 e. The van der Waals surface area contributed by atoms with Crippen LogP contribution in [0.2, 0.25) is 0 Å². The number of hydrogen-bond donors (Lipinski definition) is 1. The molecule has 0 radical (unpaired) electrons. The molecule has 0 saturated carbocycles. The Morgan fingerprint density at radius 2 is 2.03 bits per heavy atom. The van der Waals surface area contributed by atoms with Gasteiger partial charge in [0.2, 0.25) is 5.91 Å². The number of fused-ring (bicyclic) bond motifs is 3. The first-order chi connectivity index (χ1) is 15.2. The van der Waals surface area contributed by atoms with Gasteiger partial charge in [0.15, 0.2) is 5.65 Å². The van der Waals surface area contributed by atoms with Gasteiger partial charge in [-0.2, -0.15) is 0 Å². The number of rotatable bonds is 2. The van der Waals surface area contributed by atoms with Gasteiger partial charge in [-0.3, -0.25) is 19.0 Å². The standard InChI is InChI=1S/C23H18N6O2/c30-21(16-6-4-11-28-14-25-27-20(16)28)29-12-9-23(19(29)15-5-3-10-24-13-15)17-7-1-2-8-18(17)26-22(23)31/h1-8,10-11,13-14,19H,9,12H2,(H,26,31). The molecule has 2 unspecified atom stereocenters. The molecule has 152 valence electrons. The van der Waals surface area contributed by atoms with E-state index in [1.807, 2.05) is 36.4 Å². The number of likely N-dealkylation sites (tertiary alicyclic amines) is 1. The number of amides is 2. The second-order valence-electron chi connectivity index (χ2n) is 7.89. The molecule has 4 aromatic rings. The number of benzene rings is 1. The normalized spacial score (nSPS) is 22.1. The Balaban J connectivity index is 1.53. The number of anilines is 1. The molecule has 0 aliphatic carbocycles. The average Bonchev–Trinajstić information content (AvgIpc) is 3.51. The number of aromatic nitrogens is 4. The Morgan fingerprint density at radius 1 is 1.13 bits per heavy atom. The fourth-order valence-electron chi connectivity index (χ4n) is 5.08. The zero-order valence-corrected chi connectivity index (χ0v) is 16.5. The van der Waals surface area contributed by atoms with E-state index < -0.39 is 11.5 Å². The van der Waals surface area contributed by atoms with Crippen molar-refractivity contribution in [3.8, 4) is 0 Å². The summed E-state index contributed by atoms with van der Waals surface area (Å²) in [6.45, 7) is 0.440. The van der Waals surface area contributed by atoms with Crippen molar-refractivity contribution in [2.75, 3.05) is 11.9 Å². The van der Waals surface area contributed by atoms with Gasteiger partial charge in [-0.15, -0.1) is 10.2 Å². The molecule has 1 saturated heterocycles. The number of nitrogens with zero attached hydrogens (tertiary/aromatic N) is 5. The van der Waals surface area contributed by atoms with E-state index in [-0.39, 0.29) is 11.8 Å². The second kappa shape index (κ2) is 6.46. The number of nitrogens with one attached hydrogen (secondary N) is 1. The van der Waals surface area contributed by atoms with Crippen LogP contribution in [-0.2, 0) is 10.2 Å². The number of carbonyl (C=O) groups excluding carboxylic acids is 2. The van der Waals surface area contributed by atoms with Crippen LogP contribution in [0.5, 0.6) is 0 Å². The summed E-state index contributed by atoms with van der Waals surface area (Å²) in [7, 11) is 0. The van der Waals surface area contributed by atoms with Crippen molar-refractivity contribution in [3.05, 3.63) is 90.1 Å². The first-order valence-corrected chi connectivity index (χ1v) is 10.1. The third kappa shape index (κ3) is 2.38. The number of hydrogen-bond acceptors (Lipinski definition) is 5. The Bertz CT molecular complexity index is 1330. The van der Waals surface area contributed by atoms with E-state index in [0.29, 0.717) is 24.2 Å². The molecule has 2 amide bonds. The molecule has 3 aromatic heterocycles. The minimum Gasteiger partial charge on any atom is -0.330 e. The van der Waals surface area contributed by atoms with E-state index in [1.54, 1.807) is 46.4 Å². The minimum absolute atomic E-state index is 0.0847. The molecular weight excluding hydrogens is 392 g/mol. The summed E-state index contributed by atoms with van der Waals surface area (Å²) < 4.78 is 1.72. The van der Waals surface area contributed by atoms with Crippen LogP contribution in [0.4, 0.5) is 5.69 Å². The van der Waals surface area contributed by atoms with Crippen LogP contribution in [0.1, 0.15) is 33.9 Å². The Kier molecular flexibility index (Phi) is 3.70. The molecule has 2 atom stereocenters. The summed E-state index contributed by atoms with van der Waals surface area (Å²) in [4.78, 5) is 33.3. The topological polar surface area (TPSA) is 92.5 Å². The van der Waals surface area contributed by atoms with E-state index in [0.717, 1.165) is 16.8 Å². The van der Waals surface area contributed by atoms with Gasteiger partial charge in [0.25, 0.3) is 5.91 Å². The molecule has 8 nitrogen and oxygen atoms in total. The lowest BCUT2D eigenvalue weighted by atomic mass is 9.73. The summed E-state index contributed by atoms with van der Waals surface area (Å²) >= 11 is 0. The highest BCUT2D eigenvalue weighted by molar-refractivity contribution is 6.08. The molecule has 6 rings (SSSR count). The van der Waals surface area contributed by atoms with Crippen molar-refractivity contribution < 1.29 is 9.59 Å². The molecule has 0 bridgehead atoms. The lowest BCUT2D eigenvalue weighted by Gasteiger charge is -2.34. The van der Waals surface area contributed by atoms with Gasteiger partial charge in [0.05, 0.1) is 11.6 Å². The summed E-state index contributed by atoms with van der Waals surface area (Å²) in [6, 6.07) is 14.5. The molecular formula is C23H18N6O2. The van der Waals surface area contributed by atoms with Crippen LogP contribution in [0.15, 0.2) is 73.4 Å². The molecule has 2 aliphatic rings. The van der Waals surface area contributed by atoms with Crippen molar-refractivity contribution in [1.82, 2.24) is 24.5 Å². The van der Waals surface area contributed by atoms with Crippen LogP contribution in [0, 0.1) is 0 Å². The smallest absolute Gasteiger partial charge is 0.258 e. The van der Waals surface area contributed by atoms with E-state index >= 15 is 0 Å². The van der Waals surface area contributed by atoms with Crippen LogP contribution in [-0.4, -0.2) is 42.8 Å². The quantitative estimate of drug-likeness (QED) is 0.548. The van der Waals surface area contributed by atoms with Gasteiger partial charge in [-0.05, 0) is 41.8 Å². The fraction of sp³-hybridized carbons (Fsp3) is 0.174. The van der Waals surface area contributed by atoms with Gasteiger partial charge in [0.1, 0.15) is 11.7 Å². The van der Waals surface area contributed by atoms with Crippen molar-refractivity contribution in [2.24, 2.45) is 0 Å². The highest BCUT2D eigenvalue weighted by atomic mass is 16.2. The van der Waals surface area contributed by atoms with Gasteiger partial charge >= 0.3 is 0 Å². The van der Waals surface area contributed by atoms with Crippen LogP contribution >= 0.6 is 0 Å². The Labute approximate surface area is 177 Å². The van der Waals surface area contributed by atoms with Crippen molar-refractivity contribution in [3.63, 3.8) is 0 Å². The van der Waals surface area contributed by atoms with Crippen molar-refractivity contribution in [2.45, 2.75) is 17.9 Å². The number of para-hydroxylation sites is 1. The lowest BCUT2D eigenvalue weighted by Crippen LogP contribution is -2.42. The summed E-state index contributed by atoms with van der Waals surface area (Å²) in [5.74, 6) is -0.264. The summed E-state index contributed by atoms with van der Waals surface area (Å²) in [6.07, 6.45) is 7.32. The van der Waals surface area contributed by atoms with Crippen molar-refractivity contribution in [1.29, 1.82) is 0 Å².